The van der Waals surface area contributed by atoms with Crippen molar-refractivity contribution >= 4 is 29.3 Å². The van der Waals surface area contributed by atoms with Gasteiger partial charge >= 0.3 is 6.18 Å². The van der Waals surface area contributed by atoms with Gasteiger partial charge in [-0.2, -0.15) is 13.2 Å². The lowest BCUT2D eigenvalue weighted by Gasteiger charge is -2.12. The molecule has 88 valence electrons. The molecule has 0 radical (unpaired) electrons. The van der Waals surface area contributed by atoms with Crippen LogP contribution in [-0.2, 0) is 6.18 Å². The maximum absolute atomic E-state index is 12.7. The van der Waals surface area contributed by atoms with E-state index >= 15 is 0 Å². The molecule has 0 aromatic heterocycles. The molecule has 0 fully saturated rings. The van der Waals surface area contributed by atoms with E-state index < -0.39 is 11.7 Å². The number of halogens is 5. The zero-order valence-electron chi connectivity index (χ0n) is 8.62. The van der Waals surface area contributed by atoms with Crippen LogP contribution in [0.3, 0.4) is 0 Å². The molecule has 0 aliphatic heterocycles. The molecule has 0 amide bonds. The molecule has 0 aliphatic carbocycles. The molecule has 16 heavy (non-hydrogen) atoms. The minimum atomic E-state index is -4.46. The van der Waals surface area contributed by atoms with E-state index in [1.807, 2.05) is 0 Å². The van der Waals surface area contributed by atoms with Crippen molar-refractivity contribution in [2.24, 2.45) is 0 Å². The summed E-state index contributed by atoms with van der Waals surface area (Å²) in [5.74, 6) is 0. The molecule has 0 saturated carbocycles. The summed E-state index contributed by atoms with van der Waals surface area (Å²) < 4.78 is 38.1. The Labute approximate surface area is 102 Å². The van der Waals surface area contributed by atoms with Gasteiger partial charge in [0.15, 0.2) is 0 Å². The molecule has 0 heterocycles. The van der Waals surface area contributed by atoms with Gasteiger partial charge in [-0.15, -0.1) is 0 Å². The Kier molecular flexibility index (Phi) is 3.92. The van der Waals surface area contributed by atoms with Gasteiger partial charge in [-0.05, 0) is 26.0 Å². The lowest BCUT2D eigenvalue weighted by molar-refractivity contribution is -0.137. The second kappa shape index (κ2) is 4.68. The number of alkyl halides is 3. The van der Waals surface area contributed by atoms with Crippen LogP contribution in [0.25, 0.3) is 6.08 Å². The summed E-state index contributed by atoms with van der Waals surface area (Å²) in [4.78, 5) is 0. The maximum atomic E-state index is 12.7. The Morgan fingerprint density at radius 3 is 2.19 bits per heavy atom. The third-order valence-electron chi connectivity index (χ3n) is 1.83. The molecule has 1 aromatic carbocycles. The van der Waals surface area contributed by atoms with Crippen LogP contribution in [0.2, 0.25) is 10.0 Å². The first kappa shape index (κ1) is 13.4. The maximum Gasteiger partial charge on any atom is 0.417 e. The van der Waals surface area contributed by atoms with E-state index in [4.69, 9.17) is 23.2 Å². The Hall–Kier alpha value is -0.670. The van der Waals surface area contributed by atoms with Gasteiger partial charge in [0.25, 0.3) is 0 Å². The SMILES string of the molecule is CC(C)=Cc1c(Cl)cc(Cl)cc1C(F)(F)F. The van der Waals surface area contributed by atoms with Crippen molar-refractivity contribution in [3.63, 3.8) is 0 Å². The standard InChI is InChI=1S/C11H9Cl2F3/c1-6(2)3-8-9(11(14,15)16)4-7(12)5-10(8)13/h3-5H,1-2H3. The van der Waals surface area contributed by atoms with Crippen LogP contribution >= 0.6 is 23.2 Å². The summed E-state index contributed by atoms with van der Waals surface area (Å²) in [5, 5.41) is -0.0238. The van der Waals surface area contributed by atoms with Crippen LogP contribution < -0.4 is 0 Å². The van der Waals surface area contributed by atoms with Gasteiger partial charge in [0.2, 0.25) is 0 Å². The molecule has 0 N–H and O–H groups in total. The number of rotatable bonds is 1. The van der Waals surface area contributed by atoms with Crippen LogP contribution in [0.4, 0.5) is 13.2 Å². The van der Waals surface area contributed by atoms with Crippen LogP contribution in [0.1, 0.15) is 25.0 Å². The summed E-state index contributed by atoms with van der Waals surface area (Å²) in [6, 6.07) is 2.18. The first-order chi connectivity index (χ1) is 7.21. The molecule has 0 nitrogen and oxygen atoms in total. The zero-order valence-corrected chi connectivity index (χ0v) is 10.1. The van der Waals surface area contributed by atoms with Gasteiger partial charge in [0, 0.05) is 15.6 Å². The van der Waals surface area contributed by atoms with Crippen molar-refractivity contribution in [1.29, 1.82) is 0 Å². The van der Waals surface area contributed by atoms with Crippen molar-refractivity contribution in [3.8, 4) is 0 Å². The summed E-state index contributed by atoms with van der Waals surface area (Å²) in [6.07, 6.45) is -3.07. The number of allylic oxidation sites excluding steroid dienone is 1. The molecule has 5 heteroatoms. The number of benzene rings is 1. The second-order valence-electron chi connectivity index (χ2n) is 3.57. The first-order valence-electron chi connectivity index (χ1n) is 4.43. The molecular formula is C11H9Cl2F3. The monoisotopic (exact) mass is 268 g/mol. The van der Waals surface area contributed by atoms with Gasteiger partial charge in [-0.1, -0.05) is 34.9 Å². The third kappa shape index (κ3) is 3.16. The van der Waals surface area contributed by atoms with Crippen LogP contribution in [0, 0.1) is 0 Å². The highest BCUT2D eigenvalue weighted by atomic mass is 35.5. The van der Waals surface area contributed by atoms with Crippen molar-refractivity contribution in [2.45, 2.75) is 20.0 Å². The van der Waals surface area contributed by atoms with E-state index in [9.17, 15) is 13.2 Å². The normalized spacial score (nSPS) is 11.4. The molecule has 0 saturated heterocycles. The predicted molar refractivity (Wildman–Crippen MR) is 60.8 cm³/mol. The van der Waals surface area contributed by atoms with Crippen molar-refractivity contribution in [2.75, 3.05) is 0 Å². The number of hydrogen-bond donors (Lipinski definition) is 0. The fourth-order valence-corrected chi connectivity index (χ4v) is 1.80. The van der Waals surface area contributed by atoms with Crippen molar-refractivity contribution in [3.05, 3.63) is 38.9 Å². The smallest absolute Gasteiger partial charge is 0.166 e. The minimum absolute atomic E-state index is 0.000949. The lowest BCUT2D eigenvalue weighted by Crippen LogP contribution is -2.08. The van der Waals surface area contributed by atoms with Gasteiger partial charge in [-0.25, -0.2) is 0 Å². The van der Waals surface area contributed by atoms with E-state index in [0.29, 0.717) is 0 Å². The minimum Gasteiger partial charge on any atom is -0.166 e. The summed E-state index contributed by atoms with van der Waals surface area (Å²) in [5.41, 5.74) is -0.125. The largest absolute Gasteiger partial charge is 0.417 e. The van der Waals surface area contributed by atoms with Gasteiger partial charge in [0.1, 0.15) is 0 Å². The zero-order chi connectivity index (χ0) is 12.5. The van der Waals surface area contributed by atoms with E-state index in [2.05, 4.69) is 0 Å². The Bertz CT molecular complexity index is 430. The highest BCUT2D eigenvalue weighted by molar-refractivity contribution is 6.35. The summed E-state index contributed by atoms with van der Waals surface area (Å²) in [6.45, 7) is 3.40. The lowest BCUT2D eigenvalue weighted by atomic mass is 10.0. The molecule has 1 aromatic rings. The highest BCUT2D eigenvalue weighted by Gasteiger charge is 2.34. The Balaban J connectivity index is 3.51. The van der Waals surface area contributed by atoms with E-state index in [0.717, 1.165) is 11.6 Å². The first-order valence-corrected chi connectivity index (χ1v) is 5.18. The average Bonchev–Trinajstić information content (AvgIpc) is 2.06. The van der Waals surface area contributed by atoms with Crippen molar-refractivity contribution in [1.82, 2.24) is 0 Å². The Morgan fingerprint density at radius 2 is 1.75 bits per heavy atom. The van der Waals surface area contributed by atoms with Gasteiger partial charge in [0.05, 0.1) is 5.56 Å². The number of hydrogen-bond acceptors (Lipinski definition) is 0. The molecule has 0 atom stereocenters. The van der Waals surface area contributed by atoms with Gasteiger partial charge < -0.3 is 0 Å². The fourth-order valence-electron chi connectivity index (χ4n) is 1.25. The van der Waals surface area contributed by atoms with E-state index in [1.54, 1.807) is 13.8 Å². The molecular weight excluding hydrogens is 260 g/mol. The van der Waals surface area contributed by atoms with Gasteiger partial charge in [-0.3, -0.25) is 0 Å². The highest BCUT2D eigenvalue weighted by Crippen LogP contribution is 2.38. The molecule has 0 aliphatic rings. The fraction of sp³-hybridized carbons (Fsp3) is 0.273. The van der Waals surface area contributed by atoms with Crippen LogP contribution in [0.5, 0.6) is 0 Å². The Morgan fingerprint density at radius 1 is 1.19 bits per heavy atom. The topological polar surface area (TPSA) is 0 Å². The predicted octanol–water partition coefficient (Wildman–Crippen LogP) is 5.44. The van der Waals surface area contributed by atoms with E-state index in [1.165, 1.54) is 12.1 Å². The summed E-state index contributed by atoms with van der Waals surface area (Å²) >= 11 is 11.3. The van der Waals surface area contributed by atoms with Crippen LogP contribution in [-0.4, -0.2) is 0 Å². The average molecular weight is 269 g/mol. The molecule has 1 rings (SSSR count). The van der Waals surface area contributed by atoms with E-state index in [-0.39, 0.29) is 15.6 Å². The van der Waals surface area contributed by atoms with Crippen LogP contribution in [0.15, 0.2) is 17.7 Å². The molecule has 0 spiro atoms. The third-order valence-corrected chi connectivity index (χ3v) is 2.36. The second-order valence-corrected chi connectivity index (χ2v) is 4.41. The summed E-state index contributed by atoms with van der Waals surface area (Å²) in [7, 11) is 0. The quantitative estimate of drug-likeness (QED) is 0.637. The molecule has 0 unspecified atom stereocenters. The molecule has 0 bridgehead atoms. The van der Waals surface area contributed by atoms with Crippen molar-refractivity contribution < 1.29 is 13.2 Å².